The molecule has 2 aromatic carbocycles. The minimum absolute atomic E-state index is 0.125. The molecular weight excluding hydrogens is 377 g/mol. The summed E-state index contributed by atoms with van der Waals surface area (Å²) in [6, 6.07) is 9.20. The second kappa shape index (κ2) is 6.97. The zero-order valence-electron chi connectivity index (χ0n) is 15.8. The minimum Gasteiger partial charge on any atom is -0.505 e. The number of aromatic hydroxyl groups is 2. The summed E-state index contributed by atoms with van der Waals surface area (Å²) in [7, 11) is 3.11. The number of carbonyl (C=O) groups is 1. The van der Waals surface area contributed by atoms with Gasteiger partial charge in [0.1, 0.15) is 11.3 Å². The van der Waals surface area contributed by atoms with Crippen LogP contribution in [0.25, 0.3) is 21.7 Å². The van der Waals surface area contributed by atoms with E-state index in [1.54, 1.807) is 44.6 Å². The highest BCUT2D eigenvalue weighted by atomic mass is 19.1. The number of nitrogens with zero attached hydrogens (tertiary/aromatic N) is 3. The Kier molecular flexibility index (Phi) is 4.46. The predicted octanol–water partition coefficient (Wildman–Crippen LogP) is 3.85. The third kappa shape index (κ3) is 3.18. The van der Waals surface area contributed by atoms with Gasteiger partial charge < -0.3 is 24.4 Å². The van der Waals surface area contributed by atoms with E-state index in [2.05, 4.69) is 4.98 Å². The van der Waals surface area contributed by atoms with Crippen LogP contribution >= 0.6 is 0 Å². The van der Waals surface area contributed by atoms with Crippen molar-refractivity contribution in [2.75, 3.05) is 14.1 Å². The van der Waals surface area contributed by atoms with Gasteiger partial charge in [-0.25, -0.2) is 9.18 Å². The van der Waals surface area contributed by atoms with Crippen molar-refractivity contribution in [3.05, 3.63) is 60.2 Å². The Morgan fingerprint density at radius 1 is 1.17 bits per heavy atom. The maximum Gasteiger partial charge on any atom is 0.414 e. The molecule has 29 heavy (non-hydrogen) atoms. The standard InChI is InChI=1S/C21H18FN3O4/c1-24(2)21(28)29-19-14-4-3-9-23-17(14)18(26)16-15(19)11-25(20(16)27)10-12-5-7-13(22)8-6-12/h3-9,11,26-27H,10H2,1-2H3. The summed E-state index contributed by atoms with van der Waals surface area (Å²) in [5.41, 5.74) is 0.951. The lowest BCUT2D eigenvalue weighted by Gasteiger charge is -2.14. The Morgan fingerprint density at radius 3 is 2.59 bits per heavy atom. The van der Waals surface area contributed by atoms with Gasteiger partial charge in [-0.1, -0.05) is 12.1 Å². The number of hydrogen-bond donors (Lipinski definition) is 2. The van der Waals surface area contributed by atoms with Crippen molar-refractivity contribution in [1.82, 2.24) is 14.5 Å². The van der Waals surface area contributed by atoms with E-state index in [0.717, 1.165) is 5.56 Å². The van der Waals surface area contributed by atoms with Crippen molar-refractivity contribution in [2.24, 2.45) is 0 Å². The average Bonchev–Trinajstić information content (AvgIpc) is 3.03. The van der Waals surface area contributed by atoms with Crippen LogP contribution in [0.4, 0.5) is 9.18 Å². The molecule has 2 aromatic heterocycles. The first-order valence-corrected chi connectivity index (χ1v) is 8.82. The lowest BCUT2D eigenvalue weighted by Crippen LogP contribution is -2.25. The molecule has 0 aliphatic carbocycles. The quantitative estimate of drug-likeness (QED) is 0.550. The van der Waals surface area contributed by atoms with Gasteiger partial charge in [0.15, 0.2) is 11.5 Å². The Labute approximate surface area is 165 Å². The molecule has 0 aliphatic rings. The molecule has 7 nitrogen and oxygen atoms in total. The topological polar surface area (TPSA) is 87.8 Å². The van der Waals surface area contributed by atoms with Gasteiger partial charge in [0.2, 0.25) is 5.88 Å². The van der Waals surface area contributed by atoms with E-state index in [1.165, 1.54) is 27.8 Å². The number of ether oxygens (including phenoxy) is 1. The van der Waals surface area contributed by atoms with Gasteiger partial charge in [-0.3, -0.25) is 4.98 Å². The van der Waals surface area contributed by atoms with Crippen LogP contribution < -0.4 is 4.74 Å². The molecule has 2 heterocycles. The summed E-state index contributed by atoms with van der Waals surface area (Å²) in [6.45, 7) is 0.227. The van der Waals surface area contributed by atoms with E-state index >= 15 is 0 Å². The normalized spacial score (nSPS) is 11.1. The molecule has 4 aromatic rings. The molecule has 148 valence electrons. The lowest BCUT2D eigenvalue weighted by atomic mass is 10.1. The van der Waals surface area contributed by atoms with Crippen LogP contribution in [-0.2, 0) is 6.54 Å². The number of aromatic nitrogens is 2. The molecule has 8 heteroatoms. The molecule has 0 fully saturated rings. The van der Waals surface area contributed by atoms with Crippen molar-refractivity contribution in [3.8, 4) is 17.4 Å². The number of benzene rings is 2. The van der Waals surface area contributed by atoms with E-state index in [-0.39, 0.29) is 40.6 Å². The molecule has 2 N–H and O–H groups in total. The van der Waals surface area contributed by atoms with Crippen LogP contribution in [0.5, 0.6) is 17.4 Å². The largest absolute Gasteiger partial charge is 0.505 e. The SMILES string of the molecule is CN(C)C(=O)Oc1c2cccnc2c(O)c2c(O)n(Cc3ccc(F)cc3)cc12. The number of phenols is 1. The second-order valence-electron chi connectivity index (χ2n) is 6.84. The Bertz CT molecular complexity index is 1230. The van der Waals surface area contributed by atoms with Crippen LogP contribution in [0.3, 0.4) is 0 Å². The molecule has 0 bridgehead atoms. The van der Waals surface area contributed by atoms with E-state index in [4.69, 9.17) is 4.74 Å². The van der Waals surface area contributed by atoms with Crippen LogP contribution in [0.15, 0.2) is 48.8 Å². The summed E-state index contributed by atoms with van der Waals surface area (Å²) in [5.74, 6) is -0.594. The highest BCUT2D eigenvalue weighted by molar-refractivity contribution is 6.12. The van der Waals surface area contributed by atoms with Crippen molar-refractivity contribution >= 4 is 27.8 Å². The average molecular weight is 395 g/mol. The number of carbonyl (C=O) groups excluding carboxylic acids is 1. The smallest absolute Gasteiger partial charge is 0.414 e. The highest BCUT2D eigenvalue weighted by Gasteiger charge is 2.24. The van der Waals surface area contributed by atoms with Gasteiger partial charge in [-0.2, -0.15) is 0 Å². The maximum absolute atomic E-state index is 13.2. The molecule has 0 saturated carbocycles. The summed E-state index contributed by atoms with van der Waals surface area (Å²) >= 11 is 0. The molecule has 1 amide bonds. The van der Waals surface area contributed by atoms with Gasteiger partial charge in [0.25, 0.3) is 0 Å². The predicted molar refractivity (Wildman–Crippen MR) is 106 cm³/mol. The van der Waals surface area contributed by atoms with E-state index in [9.17, 15) is 19.4 Å². The fourth-order valence-corrected chi connectivity index (χ4v) is 3.19. The van der Waals surface area contributed by atoms with Crippen LogP contribution in [-0.4, -0.2) is 44.9 Å². The van der Waals surface area contributed by atoms with Gasteiger partial charge in [0, 0.05) is 31.9 Å². The van der Waals surface area contributed by atoms with Crippen molar-refractivity contribution < 1.29 is 24.1 Å². The van der Waals surface area contributed by atoms with E-state index < -0.39 is 6.09 Å². The number of fused-ring (bicyclic) bond motifs is 2. The zero-order chi connectivity index (χ0) is 20.7. The fraction of sp³-hybridized carbons (Fsp3) is 0.143. The summed E-state index contributed by atoms with van der Waals surface area (Å²) in [6.07, 6.45) is 2.48. The molecular formula is C21H18FN3O4. The summed E-state index contributed by atoms with van der Waals surface area (Å²) < 4.78 is 20.2. The number of amides is 1. The number of pyridine rings is 1. The Hall–Kier alpha value is -3.81. The molecule has 0 unspecified atom stereocenters. The number of rotatable bonds is 3. The summed E-state index contributed by atoms with van der Waals surface area (Å²) in [4.78, 5) is 17.7. The van der Waals surface area contributed by atoms with Crippen LogP contribution in [0, 0.1) is 5.82 Å². The number of hydrogen-bond acceptors (Lipinski definition) is 5. The third-order valence-electron chi connectivity index (χ3n) is 4.63. The van der Waals surface area contributed by atoms with Crippen molar-refractivity contribution in [2.45, 2.75) is 6.54 Å². The van der Waals surface area contributed by atoms with Crippen LogP contribution in [0.2, 0.25) is 0 Å². The monoisotopic (exact) mass is 395 g/mol. The first-order valence-electron chi connectivity index (χ1n) is 8.82. The Morgan fingerprint density at radius 2 is 1.90 bits per heavy atom. The van der Waals surface area contributed by atoms with Gasteiger partial charge in [-0.05, 0) is 29.8 Å². The molecule has 0 radical (unpaired) electrons. The maximum atomic E-state index is 13.2. The molecule has 4 rings (SSSR count). The molecule has 0 spiro atoms. The molecule has 0 aliphatic heterocycles. The number of phenolic OH excluding ortho intramolecular Hbond substituents is 1. The highest BCUT2D eigenvalue weighted by Crippen LogP contribution is 2.46. The minimum atomic E-state index is -0.604. The molecule has 0 saturated heterocycles. The second-order valence-corrected chi connectivity index (χ2v) is 6.84. The van der Waals surface area contributed by atoms with Crippen LogP contribution in [0.1, 0.15) is 5.56 Å². The van der Waals surface area contributed by atoms with Crippen molar-refractivity contribution in [1.29, 1.82) is 0 Å². The van der Waals surface area contributed by atoms with Gasteiger partial charge >= 0.3 is 6.09 Å². The number of halogens is 1. The van der Waals surface area contributed by atoms with Gasteiger partial charge in [0.05, 0.1) is 17.3 Å². The lowest BCUT2D eigenvalue weighted by molar-refractivity contribution is 0.173. The Balaban J connectivity index is 1.94. The van der Waals surface area contributed by atoms with Gasteiger partial charge in [-0.15, -0.1) is 0 Å². The fourth-order valence-electron chi connectivity index (χ4n) is 3.19. The molecule has 0 atom stereocenters. The van der Waals surface area contributed by atoms with Crippen molar-refractivity contribution in [3.63, 3.8) is 0 Å². The first kappa shape index (κ1) is 18.5. The first-order chi connectivity index (χ1) is 13.9. The third-order valence-corrected chi connectivity index (χ3v) is 4.63. The van der Waals surface area contributed by atoms with E-state index in [1.807, 2.05) is 0 Å². The summed E-state index contributed by atoms with van der Waals surface area (Å²) in [5, 5.41) is 22.4. The zero-order valence-corrected chi connectivity index (χ0v) is 15.8. The van der Waals surface area contributed by atoms with E-state index in [0.29, 0.717) is 10.8 Å².